The third-order valence-corrected chi connectivity index (χ3v) is 5.20. The standard InChI is InChI=1S/C14H20ClN3S2/c1-5-7-16-10(11-9(15)6-8-19-11)12-13(14(2,3)4)17-18-20-12/h6,8,10,16H,5,7H2,1-4H3. The first kappa shape index (κ1) is 15.9. The summed E-state index contributed by atoms with van der Waals surface area (Å²) < 4.78 is 4.17. The van der Waals surface area contributed by atoms with E-state index in [2.05, 4.69) is 42.6 Å². The van der Waals surface area contributed by atoms with Gasteiger partial charge in [-0.05, 0) is 35.9 Å². The number of hydrogen-bond acceptors (Lipinski definition) is 5. The van der Waals surface area contributed by atoms with Crippen LogP contribution in [-0.2, 0) is 5.41 Å². The molecule has 110 valence electrons. The fraction of sp³-hybridized carbons (Fsp3) is 0.571. The number of aromatic nitrogens is 2. The molecule has 0 spiro atoms. The molecule has 2 aromatic rings. The third-order valence-electron chi connectivity index (χ3n) is 2.99. The zero-order chi connectivity index (χ0) is 14.8. The fourth-order valence-corrected chi connectivity index (χ4v) is 4.29. The molecule has 0 aromatic carbocycles. The average Bonchev–Trinajstić information content (AvgIpc) is 2.99. The Labute approximate surface area is 133 Å². The molecule has 2 heterocycles. The topological polar surface area (TPSA) is 37.8 Å². The van der Waals surface area contributed by atoms with Crippen LogP contribution in [0.4, 0.5) is 0 Å². The van der Waals surface area contributed by atoms with Crippen LogP contribution >= 0.6 is 34.5 Å². The Morgan fingerprint density at radius 3 is 2.65 bits per heavy atom. The van der Waals surface area contributed by atoms with Crippen molar-refractivity contribution in [1.82, 2.24) is 14.9 Å². The highest BCUT2D eigenvalue weighted by Gasteiger charge is 2.29. The molecule has 0 aliphatic heterocycles. The SMILES string of the molecule is CCCNC(c1sccc1Cl)c1snnc1C(C)(C)C. The van der Waals surface area contributed by atoms with Crippen LogP contribution in [0.2, 0.25) is 5.02 Å². The van der Waals surface area contributed by atoms with Gasteiger partial charge in [0.15, 0.2) is 0 Å². The highest BCUT2D eigenvalue weighted by atomic mass is 35.5. The van der Waals surface area contributed by atoms with Gasteiger partial charge in [-0.15, -0.1) is 16.4 Å². The van der Waals surface area contributed by atoms with Crippen LogP contribution in [0.15, 0.2) is 11.4 Å². The summed E-state index contributed by atoms with van der Waals surface area (Å²) in [6.07, 6.45) is 1.08. The zero-order valence-electron chi connectivity index (χ0n) is 12.2. The van der Waals surface area contributed by atoms with Crippen molar-refractivity contribution in [2.45, 2.75) is 45.6 Å². The maximum absolute atomic E-state index is 6.33. The van der Waals surface area contributed by atoms with Gasteiger partial charge >= 0.3 is 0 Å². The molecule has 0 fully saturated rings. The Bertz CT molecular complexity index is 557. The number of nitrogens with zero attached hydrogens (tertiary/aromatic N) is 2. The molecule has 0 aliphatic rings. The second-order valence-corrected chi connectivity index (χ2v) is 7.90. The van der Waals surface area contributed by atoms with Crippen molar-refractivity contribution in [2.75, 3.05) is 6.54 Å². The summed E-state index contributed by atoms with van der Waals surface area (Å²) in [5.74, 6) is 0. The van der Waals surface area contributed by atoms with E-state index in [1.54, 1.807) is 11.3 Å². The van der Waals surface area contributed by atoms with E-state index < -0.39 is 0 Å². The van der Waals surface area contributed by atoms with Gasteiger partial charge < -0.3 is 5.32 Å². The predicted octanol–water partition coefficient (Wildman–Crippen LogP) is 4.64. The number of thiophene rings is 1. The Balaban J connectivity index is 2.42. The minimum Gasteiger partial charge on any atom is -0.305 e. The molecule has 2 rings (SSSR count). The molecule has 6 heteroatoms. The Morgan fingerprint density at radius 2 is 2.10 bits per heavy atom. The van der Waals surface area contributed by atoms with E-state index in [-0.39, 0.29) is 11.5 Å². The van der Waals surface area contributed by atoms with Gasteiger partial charge in [0.1, 0.15) is 0 Å². The maximum atomic E-state index is 6.33. The van der Waals surface area contributed by atoms with Gasteiger partial charge in [0.05, 0.1) is 21.6 Å². The van der Waals surface area contributed by atoms with Crippen LogP contribution in [0.1, 0.15) is 55.6 Å². The second kappa shape index (κ2) is 6.52. The van der Waals surface area contributed by atoms with Gasteiger partial charge in [-0.1, -0.05) is 43.8 Å². The lowest BCUT2D eigenvalue weighted by Crippen LogP contribution is -2.25. The summed E-state index contributed by atoms with van der Waals surface area (Å²) >= 11 is 9.48. The van der Waals surface area contributed by atoms with E-state index in [9.17, 15) is 0 Å². The smallest absolute Gasteiger partial charge is 0.0860 e. The Morgan fingerprint density at radius 1 is 1.35 bits per heavy atom. The van der Waals surface area contributed by atoms with Crippen LogP contribution < -0.4 is 5.32 Å². The van der Waals surface area contributed by atoms with Gasteiger partial charge in [0, 0.05) is 10.3 Å². The number of hydrogen-bond donors (Lipinski definition) is 1. The van der Waals surface area contributed by atoms with E-state index in [0.29, 0.717) is 0 Å². The molecular weight excluding hydrogens is 310 g/mol. The summed E-state index contributed by atoms with van der Waals surface area (Å²) in [4.78, 5) is 2.33. The molecule has 0 amide bonds. The first-order valence-electron chi connectivity index (χ1n) is 6.74. The molecule has 2 aromatic heterocycles. The van der Waals surface area contributed by atoms with Gasteiger partial charge in [-0.2, -0.15) is 0 Å². The highest BCUT2D eigenvalue weighted by Crippen LogP contribution is 2.38. The van der Waals surface area contributed by atoms with Crippen LogP contribution in [0.3, 0.4) is 0 Å². The molecule has 1 unspecified atom stereocenters. The van der Waals surface area contributed by atoms with Crippen LogP contribution in [0.5, 0.6) is 0 Å². The molecular formula is C14H20ClN3S2. The van der Waals surface area contributed by atoms with Crippen molar-refractivity contribution in [3.05, 3.63) is 31.9 Å². The lowest BCUT2D eigenvalue weighted by Gasteiger charge is -2.22. The quantitative estimate of drug-likeness (QED) is 0.868. The van der Waals surface area contributed by atoms with E-state index in [1.807, 2.05) is 11.4 Å². The van der Waals surface area contributed by atoms with Gasteiger partial charge in [-0.25, -0.2) is 0 Å². The third kappa shape index (κ3) is 3.39. The Hall–Kier alpha value is -0.490. The van der Waals surface area contributed by atoms with Crippen molar-refractivity contribution in [3.63, 3.8) is 0 Å². The molecule has 1 atom stereocenters. The zero-order valence-corrected chi connectivity index (χ0v) is 14.6. The number of rotatable bonds is 5. The van der Waals surface area contributed by atoms with Crippen LogP contribution in [-0.4, -0.2) is 16.1 Å². The number of halogens is 1. The molecule has 20 heavy (non-hydrogen) atoms. The van der Waals surface area contributed by atoms with Gasteiger partial charge in [0.25, 0.3) is 0 Å². The van der Waals surface area contributed by atoms with Crippen LogP contribution in [0.25, 0.3) is 0 Å². The minimum absolute atomic E-state index is 0.0157. The summed E-state index contributed by atoms with van der Waals surface area (Å²) in [6.45, 7) is 9.61. The molecule has 0 bridgehead atoms. The maximum Gasteiger partial charge on any atom is 0.0860 e. The van der Waals surface area contributed by atoms with Gasteiger partial charge in [-0.3, -0.25) is 0 Å². The molecule has 0 saturated carbocycles. The van der Waals surface area contributed by atoms with E-state index >= 15 is 0 Å². The van der Waals surface area contributed by atoms with Crippen molar-refractivity contribution in [2.24, 2.45) is 0 Å². The summed E-state index contributed by atoms with van der Waals surface area (Å²) in [5.41, 5.74) is 1.04. The fourth-order valence-electron chi connectivity index (χ4n) is 2.01. The first-order valence-corrected chi connectivity index (χ1v) is 8.77. The summed E-state index contributed by atoms with van der Waals surface area (Å²) in [6, 6.07) is 2.05. The van der Waals surface area contributed by atoms with Crippen molar-refractivity contribution in [1.29, 1.82) is 0 Å². The number of nitrogens with one attached hydrogen (secondary N) is 1. The first-order chi connectivity index (χ1) is 9.45. The molecule has 0 saturated heterocycles. The minimum atomic E-state index is -0.0157. The van der Waals surface area contributed by atoms with Crippen molar-refractivity contribution < 1.29 is 0 Å². The average molecular weight is 330 g/mol. The lowest BCUT2D eigenvalue weighted by molar-refractivity contribution is 0.540. The van der Waals surface area contributed by atoms with Crippen LogP contribution in [0, 0.1) is 0 Å². The molecule has 3 nitrogen and oxygen atoms in total. The predicted molar refractivity (Wildman–Crippen MR) is 88.1 cm³/mol. The molecule has 1 N–H and O–H groups in total. The van der Waals surface area contributed by atoms with Crippen molar-refractivity contribution >= 4 is 34.5 Å². The van der Waals surface area contributed by atoms with Crippen molar-refractivity contribution in [3.8, 4) is 0 Å². The Kier molecular flexibility index (Phi) is 5.18. The molecule has 0 aliphatic carbocycles. The van der Waals surface area contributed by atoms with Gasteiger partial charge in [0.2, 0.25) is 0 Å². The van der Waals surface area contributed by atoms with E-state index in [4.69, 9.17) is 11.6 Å². The molecule has 0 radical (unpaired) electrons. The lowest BCUT2D eigenvalue weighted by atomic mass is 9.90. The summed E-state index contributed by atoms with van der Waals surface area (Å²) in [5, 5.41) is 10.8. The van der Waals surface area contributed by atoms with E-state index in [1.165, 1.54) is 16.4 Å². The summed E-state index contributed by atoms with van der Waals surface area (Å²) in [7, 11) is 0. The largest absolute Gasteiger partial charge is 0.305 e. The normalized spacial score (nSPS) is 13.7. The highest BCUT2D eigenvalue weighted by molar-refractivity contribution is 7.11. The van der Waals surface area contributed by atoms with E-state index in [0.717, 1.165) is 28.6 Å². The monoisotopic (exact) mass is 329 g/mol. The second-order valence-electron chi connectivity index (χ2n) is 5.76.